The molecular formula is C21H40NOP. The molecule has 1 aromatic rings. The molecule has 0 aliphatic rings. The van der Waals surface area contributed by atoms with Crippen LogP contribution in [0.3, 0.4) is 0 Å². The van der Waals surface area contributed by atoms with E-state index in [4.69, 9.17) is 4.52 Å². The predicted molar refractivity (Wildman–Crippen MR) is 111 cm³/mol. The van der Waals surface area contributed by atoms with Crippen LogP contribution >= 0.6 is 6.83 Å². The Morgan fingerprint density at radius 2 is 1.21 bits per heavy atom. The molecule has 1 heterocycles. The van der Waals surface area contributed by atoms with Crippen molar-refractivity contribution in [3.05, 3.63) is 24.4 Å². The number of rotatable bonds is 14. The van der Waals surface area contributed by atoms with Crippen LogP contribution in [0.25, 0.3) is 0 Å². The Hall–Kier alpha value is -0.620. The minimum absolute atomic E-state index is 0.870. The van der Waals surface area contributed by atoms with Crippen LogP contribution in [-0.4, -0.2) is 29.6 Å². The van der Waals surface area contributed by atoms with E-state index in [1.165, 1.54) is 76.0 Å². The molecule has 0 fully saturated rings. The Kier molecular flexibility index (Phi) is 9.89. The zero-order valence-electron chi connectivity index (χ0n) is 16.6. The van der Waals surface area contributed by atoms with Crippen molar-refractivity contribution in [2.24, 2.45) is 0 Å². The van der Waals surface area contributed by atoms with Gasteiger partial charge in [-0.05, 0) is 0 Å². The summed E-state index contributed by atoms with van der Waals surface area (Å²) in [6.07, 6.45) is 17.2. The van der Waals surface area contributed by atoms with Crippen molar-refractivity contribution < 1.29 is 4.52 Å². The molecule has 3 heteroatoms. The monoisotopic (exact) mass is 353 g/mol. The first-order valence-corrected chi connectivity index (χ1v) is 13.1. The molecule has 0 amide bonds. The second kappa shape index (κ2) is 11.1. The van der Waals surface area contributed by atoms with E-state index in [-0.39, 0.29) is 0 Å². The van der Waals surface area contributed by atoms with Gasteiger partial charge in [0.15, 0.2) is 0 Å². The van der Waals surface area contributed by atoms with Crippen LogP contribution in [0.1, 0.15) is 79.1 Å². The third-order valence-corrected chi connectivity index (χ3v) is 11.8. The van der Waals surface area contributed by atoms with E-state index < -0.39 is 6.83 Å². The number of nitrogens with zero attached hydrogens (tertiary/aromatic N) is 1. The maximum absolute atomic E-state index is 7.02. The fourth-order valence-corrected chi connectivity index (χ4v) is 10.6. The molecule has 1 aromatic heterocycles. The maximum atomic E-state index is 7.02. The number of hydrogen-bond acceptors (Lipinski definition) is 2. The van der Waals surface area contributed by atoms with E-state index in [0.717, 1.165) is 5.88 Å². The van der Waals surface area contributed by atoms with E-state index in [1.807, 2.05) is 12.3 Å². The third-order valence-electron chi connectivity index (χ3n) is 5.30. The Bertz CT molecular complexity index is 391. The zero-order chi connectivity index (χ0) is 17.8. The molecule has 0 unspecified atom stereocenters. The van der Waals surface area contributed by atoms with Crippen LogP contribution in [0.15, 0.2) is 24.4 Å². The fourth-order valence-electron chi connectivity index (χ4n) is 3.75. The van der Waals surface area contributed by atoms with Gasteiger partial charge in [0.2, 0.25) is 0 Å². The zero-order valence-corrected chi connectivity index (χ0v) is 17.5. The van der Waals surface area contributed by atoms with Gasteiger partial charge >= 0.3 is 150 Å². The average Bonchev–Trinajstić information content (AvgIpc) is 2.63. The fraction of sp³-hybridized carbons (Fsp3) is 0.762. The molecule has 0 saturated carbocycles. The molecule has 0 bridgehead atoms. The number of aromatic nitrogens is 1. The molecule has 0 aliphatic carbocycles. The van der Waals surface area contributed by atoms with Crippen LogP contribution < -0.4 is 4.52 Å². The van der Waals surface area contributed by atoms with Crippen molar-refractivity contribution in [1.29, 1.82) is 0 Å². The Labute approximate surface area is 150 Å². The average molecular weight is 354 g/mol. The standard InChI is InChI=1S/C21H40NOP/c1-5-9-17-24(18-10-6-2,19-11-7-3,20-12-8-4)23-21-15-13-14-16-22-21/h13-16H,5-12,17-20H2,1-4H3. The van der Waals surface area contributed by atoms with Gasteiger partial charge < -0.3 is 0 Å². The summed E-state index contributed by atoms with van der Waals surface area (Å²) in [5.74, 6) is 0.870. The molecule has 140 valence electrons. The molecule has 0 atom stereocenters. The summed E-state index contributed by atoms with van der Waals surface area (Å²) in [7, 11) is 0. The minimum atomic E-state index is -2.23. The van der Waals surface area contributed by atoms with Gasteiger partial charge in [-0.3, -0.25) is 0 Å². The van der Waals surface area contributed by atoms with Crippen molar-refractivity contribution in [3.63, 3.8) is 0 Å². The summed E-state index contributed by atoms with van der Waals surface area (Å²) in [5, 5.41) is 0. The molecule has 0 radical (unpaired) electrons. The second-order valence-electron chi connectivity index (χ2n) is 7.43. The summed E-state index contributed by atoms with van der Waals surface area (Å²) in [6, 6.07) is 6.11. The molecule has 0 saturated heterocycles. The van der Waals surface area contributed by atoms with E-state index in [2.05, 4.69) is 44.8 Å². The first-order chi connectivity index (χ1) is 11.6. The first kappa shape index (κ1) is 21.4. The number of unbranched alkanes of at least 4 members (excludes halogenated alkanes) is 4. The van der Waals surface area contributed by atoms with Crippen LogP contribution in [-0.2, 0) is 0 Å². The van der Waals surface area contributed by atoms with Crippen molar-refractivity contribution in [3.8, 4) is 5.88 Å². The van der Waals surface area contributed by atoms with Crippen LogP contribution in [0, 0.1) is 0 Å². The summed E-state index contributed by atoms with van der Waals surface area (Å²) >= 11 is 0. The molecular weight excluding hydrogens is 313 g/mol. The van der Waals surface area contributed by atoms with Crippen LogP contribution in [0.4, 0.5) is 0 Å². The van der Waals surface area contributed by atoms with Gasteiger partial charge in [-0.25, -0.2) is 0 Å². The van der Waals surface area contributed by atoms with Gasteiger partial charge in [-0.2, -0.15) is 0 Å². The van der Waals surface area contributed by atoms with E-state index in [0.29, 0.717) is 0 Å². The molecule has 0 aromatic carbocycles. The van der Waals surface area contributed by atoms with Crippen LogP contribution in [0.5, 0.6) is 5.88 Å². The van der Waals surface area contributed by atoms with E-state index in [1.54, 1.807) is 0 Å². The Morgan fingerprint density at radius 3 is 1.54 bits per heavy atom. The predicted octanol–water partition coefficient (Wildman–Crippen LogP) is 7.13. The van der Waals surface area contributed by atoms with Gasteiger partial charge in [0.05, 0.1) is 0 Å². The quantitative estimate of drug-likeness (QED) is 0.332. The van der Waals surface area contributed by atoms with Crippen molar-refractivity contribution in [2.45, 2.75) is 79.1 Å². The van der Waals surface area contributed by atoms with Gasteiger partial charge in [-0.15, -0.1) is 0 Å². The van der Waals surface area contributed by atoms with Gasteiger partial charge in [-0.1, -0.05) is 0 Å². The van der Waals surface area contributed by atoms with E-state index in [9.17, 15) is 0 Å². The molecule has 2 nitrogen and oxygen atoms in total. The molecule has 1 rings (SSSR count). The first-order valence-electron chi connectivity index (χ1n) is 10.3. The SMILES string of the molecule is CCCCP(CCCC)(CCCC)(CCCC)Oc1ccccn1. The van der Waals surface area contributed by atoms with Crippen molar-refractivity contribution in [1.82, 2.24) is 4.98 Å². The van der Waals surface area contributed by atoms with Gasteiger partial charge in [0, 0.05) is 0 Å². The van der Waals surface area contributed by atoms with Crippen molar-refractivity contribution in [2.75, 3.05) is 24.6 Å². The molecule has 0 aliphatic heterocycles. The molecule has 0 N–H and O–H groups in total. The molecule has 24 heavy (non-hydrogen) atoms. The third kappa shape index (κ3) is 6.36. The van der Waals surface area contributed by atoms with Gasteiger partial charge in [0.25, 0.3) is 0 Å². The second-order valence-corrected chi connectivity index (χ2v) is 13.1. The van der Waals surface area contributed by atoms with Gasteiger partial charge in [0.1, 0.15) is 0 Å². The molecule has 0 spiro atoms. The number of pyridine rings is 1. The Morgan fingerprint density at radius 1 is 0.750 bits per heavy atom. The summed E-state index contributed by atoms with van der Waals surface area (Å²) < 4.78 is 7.02. The summed E-state index contributed by atoms with van der Waals surface area (Å²) in [4.78, 5) is 4.55. The van der Waals surface area contributed by atoms with Crippen molar-refractivity contribution >= 4 is 6.83 Å². The Balaban J connectivity index is 3.24. The van der Waals surface area contributed by atoms with Crippen LogP contribution in [0.2, 0.25) is 0 Å². The summed E-state index contributed by atoms with van der Waals surface area (Å²) in [6.45, 7) is 7.02. The topological polar surface area (TPSA) is 22.1 Å². The summed E-state index contributed by atoms with van der Waals surface area (Å²) in [5.41, 5.74) is 0. The number of hydrogen-bond donors (Lipinski definition) is 0. The normalized spacial score (nSPS) is 13.4. The van der Waals surface area contributed by atoms with E-state index >= 15 is 0 Å².